The van der Waals surface area contributed by atoms with E-state index in [-0.39, 0.29) is 5.69 Å². The molecule has 0 atom stereocenters. The number of aliphatic carboxylic acids is 1. The van der Waals surface area contributed by atoms with E-state index in [9.17, 15) is 30.4 Å². The number of halogens is 5. The van der Waals surface area contributed by atoms with Gasteiger partial charge in [-0.2, -0.15) is 13.2 Å². The number of sulfonamides is 1. The van der Waals surface area contributed by atoms with Gasteiger partial charge in [0, 0.05) is 49.4 Å². The fraction of sp³-hybridized carbons (Fsp3) is 0.259. The van der Waals surface area contributed by atoms with Crippen LogP contribution in [0.15, 0.2) is 59.9 Å². The molecule has 228 valence electrons. The number of fused-ring (bicyclic) bond motifs is 1. The fourth-order valence-corrected chi connectivity index (χ4v) is 5.40. The zero-order chi connectivity index (χ0) is 31.4. The fourth-order valence-electron chi connectivity index (χ4n) is 4.27. The average molecular weight is 625 g/mol. The Labute approximate surface area is 242 Å². The first-order chi connectivity index (χ1) is 20.3. The Morgan fingerprint density at radius 1 is 1.02 bits per heavy atom. The molecular formula is C27H25F5N6O4S. The molecule has 0 bridgehead atoms. The van der Waals surface area contributed by atoms with Gasteiger partial charge in [0.25, 0.3) is 10.0 Å². The van der Waals surface area contributed by atoms with E-state index < -0.39 is 38.7 Å². The highest BCUT2D eigenvalue weighted by Crippen LogP contribution is 2.31. The molecule has 2 aromatic carbocycles. The van der Waals surface area contributed by atoms with Crippen LogP contribution in [-0.4, -0.2) is 66.8 Å². The van der Waals surface area contributed by atoms with E-state index in [0.29, 0.717) is 23.7 Å². The molecule has 1 saturated heterocycles. The molecule has 10 nitrogen and oxygen atoms in total. The Balaban J connectivity index is 0.000000541. The third-order valence-electron chi connectivity index (χ3n) is 6.34. The third kappa shape index (κ3) is 7.50. The number of aryl methyl sites for hydroxylation is 1. The Bertz CT molecular complexity index is 1750. The van der Waals surface area contributed by atoms with Crippen LogP contribution in [-0.2, 0) is 21.2 Å². The molecule has 3 N–H and O–H groups in total. The van der Waals surface area contributed by atoms with Gasteiger partial charge in [-0.25, -0.2) is 32.0 Å². The molecule has 0 aliphatic carbocycles. The van der Waals surface area contributed by atoms with E-state index in [0.717, 1.165) is 60.6 Å². The first-order valence-electron chi connectivity index (χ1n) is 12.8. The Hall–Kier alpha value is -4.44. The van der Waals surface area contributed by atoms with Crippen LogP contribution in [0, 0.1) is 11.6 Å². The molecule has 43 heavy (non-hydrogen) atoms. The number of benzene rings is 2. The van der Waals surface area contributed by atoms with Gasteiger partial charge in [-0.3, -0.25) is 9.71 Å². The van der Waals surface area contributed by atoms with Gasteiger partial charge in [0.15, 0.2) is 0 Å². The van der Waals surface area contributed by atoms with Gasteiger partial charge in [-0.15, -0.1) is 0 Å². The predicted octanol–water partition coefficient (Wildman–Crippen LogP) is 4.38. The summed E-state index contributed by atoms with van der Waals surface area (Å²) >= 11 is 0. The van der Waals surface area contributed by atoms with Crippen LogP contribution in [0.3, 0.4) is 0 Å². The summed E-state index contributed by atoms with van der Waals surface area (Å²) in [5.41, 5.74) is 2.99. The smallest absolute Gasteiger partial charge is 0.475 e. The van der Waals surface area contributed by atoms with Gasteiger partial charge in [0.2, 0.25) is 0 Å². The van der Waals surface area contributed by atoms with Crippen LogP contribution in [0.4, 0.5) is 33.5 Å². The van der Waals surface area contributed by atoms with Crippen molar-refractivity contribution >= 4 is 38.4 Å². The molecule has 0 radical (unpaired) electrons. The number of carboxylic acid groups (broad SMARTS) is 1. The van der Waals surface area contributed by atoms with Crippen LogP contribution < -0.4 is 14.9 Å². The zero-order valence-corrected chi connectivity index (χ0v) is 23.3. The number of hydrogen-bond donors (Lipinski definition) is 3. The summed E-state index contributed by atoms with van der Waals surface area (Å²) in [6.07, 6.45) is -1.41. The lowest BCUT2D eigenvalue weighted by molar-refractivity contribution is -0.192. The van der Waals surface area contributed by atoms with Crippen molar-refractivity contribution in [3.63, 3.8) is 0 Å². The summed E-state index contributed by atoms with van der Waals surface area (Å²) in [4.78, 5) is 23.8. The maximum absolute atomic E-state index is 14.2. The van der Waals surface area contributed by atoms with Gasteiger partial charge in [-0.05, 0) is 42.3 Å². The second-order valence-electron chi connectivity index (χ2n) is 9.22. The van der Waals surface area contributed by atoms with Gasteiger partial charge in [0.1, 0.15) is 28.7 Å². The van der Waals surface area contributed by atoms with Crippen molar-refractivity contribution in [1.82, 2.24) is 20.3 Å². The van der Waals surface area contributed by atoms with E-state index in [1.54, 1.807) is 18.6 Å². The van der Waals surface area contributed by atoms with Crippen molar-refractivity contribution in [3.8, 4) is 11.1 Å². The molecule has 0 amide bonds. The predicted molar refractivity (Wildman–Crippen MR) is 148 cm³/mol. The maximum atomic E-state index is 14.2. The van der Waals surface area contributed by atoms with Crippen molar-refractivity contribution in [2.24, 2.45) is 0 Å². The van der Waals surface area contributed by atoms with Crippen LogP contribution in [0.25, 0.3) is 22.0 Å². The lowest BCUT2D eigenvalue weighted by Crippen LogP contribution is -2.44. The molecule has 5 rings (SSSR count). The molecule has 0 saturated carbocycles. The van der Waals surface area contributed by atoms with Gasteiger partial charge in [0.05, 0.1) is 16.9 Å². The summed E-state index contributed by atoms with van der Waals surface area (Å²) in [7, 11) is -4.31. The monoisotopic (exact) mass is 624 g/mol. The van der Waals surface area contributed by atoms with Crippen molar-refractivity contribution in [3.05, 3.63) is 72.3 Å². The minimum Gasteiger partial charge on any atom is -0.475 e. The first-order valence-corrected chi connectivity index (χ1v) is 14.3. The number of carboxylic acids is 1. The third-order valence-corrected chi connectivity index (χ3v) is 7.74. The van der Waals surface area contributed by atoms with Crippen LogP contribution in [0.5, 0.6) is 0 Å². The highest BCUT2D eigenvalue weighted by molar-refractivity contribution is 7.92. The quantitative estimate of drug-likeness (QED) is 0.267. The molecule has 0 spiro atoms. The van der Waals surface area contributed by atoms with E-state index in [1.807, 2.05) is 25.1 Å². The molecular weight excluding hydrogens is 599 g/mol. The molecule has 1 aliphatic heterocycles. The normalized spacial score (nSPS) is 13.8. The Morgan fingerprint density at radius 2 is 1.72 bits per heavy atom. The standard InChI is InChI=1S/C25H24F2N6O2S.C2HF3O2/c1-2-21-23(32-36(34,35)24-6-4-18(26)13-20(24)27)12-17(14-29-21)16-3-5-22-19(11-16)25(31-15-30-22)33-9-7-28-8-10-33;3-2(4,5)1(6)7/h3-6,11-15,28,32H,2,7-10H2,1H3;(H,6,7). The molecule has 2 aromatic heterocycles. The number of rotatable bonds is 6. The molecule has 1 aliphatic rings. The lowest BCUT2D eigenvalue weighted by Gasteiger charge is -2.29. The number of nitrogens with zero attached hydrogens (tertiary/aromatic N) is 4. The van der Waals surface area contributed by atoms with Crippen LogP contribution in [0.2, 0.25) is 0 Å². The van der Waals surface area contributed by atoms with Crippen molar-refractivity contribution in [2.75, 3.05) is 35.8 Å². The molecule has 1 fully saturated rings. The molecule has 3 heterocycles. The summed E-state index contributed by atoms with van der Waals surface area (Å²) in [5.74, 6) is -3.94. The first kappa shape index (κ1) is 31.5. The van der Waals surface area contributed by atoms with E-state index in [4.69, 9.17) is 9.90 Å². The van der Waals surface area contributed by atoms with Crippen molar-refractivity contribution in [2.45, 2.75) is 24.4 Å². The summed E-state index contributed by atoms with van der Waals surface area (Å²) in [5, 5.41) is 11.3. The SMILES string of the molecule is CCc1ncc(-c2ccc3ncnc(N4CCNCC4)c3c2)cc1NS(=O)(=O)c1ccc(F)cc1F.O=C(O)C(F)(F)F. The summed E-state index contributed by atoms with van der Waals surface area (Å²) in [6, 6.07) is 9.75. The largest absolute Gasteiger partial charge is 0.490 e. The minimum atomic E-state index is -5.08. The molecule has 0 unspecified atom stereocenters. The minimum absolute atomic E-state index is 0.227. The number of carbonyl (C=O) groups is 1. The summed E-state index contributed by atoms with van der Waals surface area (Å²) in [6.45, 7) is 5.23. The second-order valence-corrected chi connectivity index (χ2v) is 10.9. The molecule has 16 heteroatoms. The Morgan fingerprint density at radius 3 is 2.35 bits per heavy atom. The topological polar surface area (TPSA) is 137 Å². The summed E-state index contributed by atoms with van der Waals surface area (Å²) < 4.78 is 87.5. The number of alkyl halides is 3. The number of hydrogen-bond acceptors (Lipinski definition) is 8. The number of anilines is 2. The van der Waals surface area contributed by atoms with Gasteiger partial charge < -0.3 is 15.3 Å². The van der Waals surface area contributed by atoms with Crippen LogP contribution >= 0.6 is 0 Å². The maximum Gasteiger partial charge on any atom is 0.490 e. The highest BCUT2D eigenvalue weighted by Gasteiger charge is 2.38. The van der Waals surface area contributed by atoms with Gasteiger partial charge >= 0.3 is 12.1 Å². The Kier molecular flexibility index (Phi) is 9.40. The second kappa shape index (κ2) is 12.8. The number of nitrogens with one attached hydrogen (secondary N) is 2. The van der Waals surface area contributed by atoms with E-state index in [1.165, 1.54) is 0 Å². The van der Waals surface area contributed by atoms with Crippen LogP contribution in [0.1, 0.15) is 12.6 Å². The van der Waals surface area contributed by atoms with E-state index >= 15 is 0 Å². The average Bonchev–Trinajstić information content (AvgIpc) is 2.96. The number of aromatic nitrogens is 3. The van der Waals surface area contributed by atoms with E-state index in [2.05, 4.69) is 29.9 Å². The highest BCUT2D eigenvalue weighted by atomic mass is 32.2. The van der Waals surface area contributed by atoms with Crippen molar-refractivity contribution in [1.29, 1.82) is 0 Å². The molecule has 4 aromatic rings. The van der Waals surface area contributed by atoms with Crippen molar-refractivity contribution < 1.29 is 40.3 Å². The zero-order valence-electron chi connectivity index (χ0n) is 22.5. The van der Waals surface area contributed by atoms with Gasteiger partial charge in [-0.1, -0.05) is 13.0 Å². The number of piperazine rings is 1. The lowest BCUT2D eigenvalue weighted by atomic mass is 10.0. The number of pyridine rings is 1.